The lowest BCUT2D eigenvalue weighted by molar-refractivity contribution is -0.108. The molecule has 0 radical (unpaired) electrons. The number of rotatable bonds is 4. The lowest BCUT2D eigenvalue weighted by Gasteiger charge is -2.19. The number of hydrogen-bond donors (Lipinski definition) is 0. The second-order valence-corrected chi connectivity index (χ2v) is 8.86. The minimum Gasteiger partial charge on any atom is -0.289 e. The molecule has 1 aliphatic carbocycles. The standard InChI is InChI=1S/C27H18OS2/c28-27-22(19-9-3-1-4-10-19)17-21(18-23(27)20-11-5-2-6-12-20)26(24-13-7-15-29-24)25-14-8-16-30-25/h1-18H. The highest BCUT2D eigenvalue weighted by Gasteiger charge is 2.25. The summed E-state index contributed by atoms with van der Waals surface area (Å²) in [6.45, 7) is 0. The predicted molar refractivity (Wildman–Crippen MR) is 129 cm³/mol. The largest absolute Gasteiger partial charge is 0.289 e. The molecule has 1 nitrogen and oxygen atoms in total. The van der Waals surface area contributed by atoms with E-state index >= 15 is 0 Å². The summed E-state index contributed by atoms with van der Waals surface area (Å²) < 4.78 is 0. The van der Waals surface area contributed by atoms with Gasteiger partial charge in [-0.05, 0) is 51.7 Å². The number of benzene rings is 2. The first-order valence-corrected chi connectivity index (χ1v) is 11.5. The fourth-order valence-corrected chi connectivity index (χ4v) is 5.36. The molecule has 1 aliphatic rings. The van der Waals surface area contributed by atoms with E-state index in [9.17, 15) is 4.79 Å². The van der Waals surface area contributed by atoms with E-state index in [0.717, 1.165) is 27.8 Å². The van der Waals surface area contributed by atoms with Gasteiger partial charge in [-0.15, -0.1) is 22.7 Å². The maximum Gasteiger partial charge on any atom is 0.194 e. The number of allylic oxidation sites excluding steroid dienone is 5. The summed E-state index contributed by atoms with van der Waals surface area (Å²) >= 11 is 3.45. The van der Waals surface area contributed by atoms with Gasteiger partial charge in [-0.3, -0.25) is 4.79 Å². The molecule has 5 rings (SSSR count). The van der Waals surface area contributed by atoms with Crippen LogP contribution >= 0.6 is 22.7 Å². The van der Waals surface area contributed by atoms with Gasteiger partial charge in [0.15, 0.2) is 5.78 Å². The summed E-state index contributed by atoms with van der Waals surface area (Å²) in [4.78, 5) is 15.9. The molecule has 2 heterocycles. The van der Waals surface area contributed by atoms with Gasteiger partial charge in [-0.25, -0.2) is 0 Å². The van der Waals surface area contributed by atoms with Crippen molar-refractivity contribution < 1.29 is 4.79 Å². The van der Waals surface area contributed by atoms with Gasteiger partial charge in [0.25, 0.3) is 0 Å². The molecule has 30 heavy (non-hydrogen) atoms. The quantitative estimate of drug-likeness (QED) is 0.336. The number of Topliss-reactive ketones (excluding diaryl/α,β-unsaturated/α-hetero) is 1. The van der Waals surface area contributed by atoms with Crippen molar-refractivity contribution in [2.24, 2.45) is 0 Å². The molecule has 3 heteroatoms. The molecule has 0 N–H and O–H groups in total. The van der Waals surface area contributed by atoms with E-state index in [4.69, 9.17) is 0 Å². The van der Waals surface area contributed by atoms with Crippen LogP contribution in [0.3, 0.4) is 0 Å². The third kappa shape index (κ3) is 3.54. The molecule has 0 saturated carbocycles. The lowest BCUT2D eigenvalue weighted by Crippen LogP contribution is -2.10. The van der Waals surface area contributed by atoms with Crippen LogP contribution in [0.5, 0.6) is 0 Å². The number of thiophene rings is 2. The summed E-state index contributed by atoms with van der Waals surface area (Å²) in [5.74, 6) is 0.0628. The normalized spacial score (nSPS) is 13.7. The Kier molecular flexibility index (Phi) is 5.14. The lowest BCUT2D eigenvalue weighted by atomic mass is 9.84. The van der Waals surface area contributed by atoms with E-state index in [1.807, 2.05) is 60.7 Å². The zero-order valence-electron chi connectivity index (χ0n) is 16.1. The van der Waals surface area contributed by atoms with E-state index < -0.39 is 0 Å². The Morgan fingerprint density at radius 1 is 0.567 bits per heavy atom. The molecule has 2 aromatic heterocycles. The van der Waals surface area contributed by atoms with Gasteiger partial charge in [0.1, 0.15) is 0 Å². The van der Waals surface area contributed by atoms with Crippen LogP contribution in [0.4, 0.5) is 0 Å². The highest BCUT2D eigenvalue weighted by atomic mass is 32.1. The van der Waals surface area contributed by atoms with E-state index in [2.05, 4.69) is 47.2 Å². The maximum atomic E-state index is 13.5. The predicted octanol–water partition coefficient (Wildman–Crippen LogP) is 7.36. The zero-order valence-corrected chi connectivity index (χ0v) is 17.8. The van der Waals surface area contributed by atoms with Gasteiger partial charge < -0.3 is 0 Å². The van der Waals surface area contributed by atoms with Crippen molar-refractivity contribution in [1.29, 1.82) is 0 Å². The molecule has 0 atom stereocenters. The Morgan fingerprint density at radius 3 is 1.43 bits per heavy atom. The SMILES string of the molecule is O=C1C(c2ccccc2)=CC(=C(c2cccs2)c2cccs2)C=C1c1ccccc1. The summed E-state index contributed by atoms with van der Waals surface area (Å²) in [6.07, 6.45) is 4.11. The number of hydrogen-bond acceptors (Lipinski definition) is 3. The molecule has 0 fully saturated rings. The molecule has 0 saturated heterocycles. The zero-order chi connectivity index (χ0) is 20.3. The van der Waals surface area contributed by atoms with Crippen LogP contribution in [0.15, 0.2) is 113 Å². The van der Waals surface area contributed by atoms with Crippen LogP contribution in [0, 0.1) is 0 Å². The number of carbonyl (C=O) groups excluding carboxylic acids is 1. The van der Waals surface area contributed by atoms with Crippen LogP contribution in [0.2, 0.25) is 0 Å². The molecule has 0 spiro atoms. The molecule has 0 unspecified atom stereocenters. The maximum absolute atomic E-state index is 13.5. The topological polar surface area (TPSA) is 17.1 Å². The van der Waals surface area contributed by atoms with Crippen LogP contribution in [0.25, 0.3) is 16.7 Å². The van der Waals surface area contributed by atoms with Gasteiger partial charge >= 0.3 is 0 Å². The van der Waals surface area contributed by atoms with Crippen LogP contribution in [-0.2, 0) is 4.79 Å². The number of ketones is 1. The Balaban J connectivity index is 1.79. The fourth-order valence-electron chi connectivity index (χ4n) is 3.69. The monoisotopic (exact) mass is 422 g/mol. The number of carbonyl (C=O) groups is 1. The van der Waals surface area contributed by atoms with Crippen molar-refractivity contribution in [3.05, 3.63) is 134 Å². The second kappa shape index (κ2) is 8.23. The van der Waals surface area contributed by atoms with Crippen molar-refractivity contribution in [2.45, 2.75) is 0 Å². The highest BCUT2D eigenvalue weighted by molar-refractivity contribution is 7.13. The molecule has 144 valence electrons. The highest BCUT2D eigenvalue weighted by Crippen LogP contribution is 2.39. The Labute approximate surface area is 184 Å². The molecule has 0 bridgehead atoms. The van der Waals surface area contributed by atoms with Gasteiger partial charge in [-0.2, -0.15) is 0 Å². The summed E-state index contributed by atoms with van der Waals surface area (Å²) in [5.41, 5.74) is 5.60. The van der Waals surface area contributed by atoms with E-state index in [-0.39, 0.29) is 5.78 Å². The Bertz CT molecular complexity index is 1160. The average molecular weight is 423 g/mol. The molecular weight excluding hydrogens is 404 g/mol. The summed E-state index contributed by atoms with van der Waals surface area (Å²) in [7, 11) is 0. The molecule has 4 aromatic rings. The van der Waals surface area contributed by atoms with Gasteiger partial charge in [-0.1, -0.05) is 72.8 Å². The third-order valence-electron chi connectivity index (χ3n) is 5.08. The molecule has 0 aliphatic heterocycles. The first-order valence-electron chi connectivity index (χ1n) is 9.72. The minimum absolute atomic E-state index is 0.0628. The van der Waals surface area contributed by atoms with Gasteiger partial charge in [0.05, 0.1) is 0 Å². The van der Waals surface area contributed by atoms with Crippen LogP contribution in [0.1, 0.15) is 20.9 Å². The van der Waals surface area contributed by atoms with E-state index in [1.165, 1.54) is 15.3 Å². The third-order valence-corrected chi connectivity index (χ3v) is 6.86. The summed E-state index contributed by atoms with van der Waals surface area (Å²) in [6, 6.07) is 28.3. The molecular formula is C27H18OS2. The molecule has 0 amide bonds. The summed E-state index contributed by atoms with van der Waals surface area (Å²) in [5, 5.41) is 4.20. The first-order chi connectivity index (χ1) is 14.8. The fraction of sp³-hybridized carbons (Fsp3) is 0. The first kappa shape index (κ1) is 18.7. The van der Waals surface area contributed by atoms with Crippen molar-refractivity contribution in [3.8, 4) is 0 Å². The van der Waals surface area contributed by atoms with Crippen molar-refractivity contribution in [1.82, 2.24) is 0 Å². The van der Waals surface area contributed by atoms with Crippen LogP contribution < -0.4 is 0 Å². The van der Waals surface area contributed by atoms with Gasteiger partial charge in [0, 0.05) is 26.5 Å². The van der Waals surface area contributed by atoms with Gasteiger partial charge in [0.2, 0.25) is 0 Å². The smallest absolute Gasteiger partial charge is 0.194 e. The van der Waals surface area contributed by atoms with Crippen molar-refractivity contribution in [3.63, 3.8) is 0 Å². The van der Waals surface area contributed by atoms with Crippen molar-refractivity contribution >= 4 is 45.2 Å². The average Bonchev–Trinajstić information content (AvgIpc) is 3.51. The van der Waals surface area contributed by atoms with Crippen LogP contribution in [-0.4, -0.2) is 5.78 Å². The Hall–Kier alpha value is -3.27. The minimum atomic E-state index is 0.0628. The second-order valence-electron chi connectivity index (χ2n) is 6.96. The Morgan fingerprint density at radius 2 is 1.03 bits per heavy atom. The molecule has 2 aromatic carbocycles. The van der Waals surface area contributed by atoms with E-state index in [0.29, 0.717) is 0 Å². The van der Waals surface area contributed by atoms with Crippen molar-refractivity contribution in [2.75, 3.05) is 0 Å². The van der Waals surface area contributed by atoms with E-state index in [1.54, 1.807) is 22.7 Å².